The first kappa shape index (κ1) is 14.3. The van der Waals surface area contributed by atoms with Crippen LogP contribution in [-0.2, 0) is 0 Å². The summed E-state index contributed by atoms with van der Waals surface area (Å²) in [6.07, 6.45) is 12.1. The molecule has 0 aliphatic rings. The summed E-state index contributed by atoms with van der Waals surface area (Å²) >= 11 is 0. The average Bonchev–Trinajstić information content (AvgIpc) is 2.27. The first-order valence-corrected chi connectivity index (χ1v) is 5.44. The van der Waals surface area contributed by atoms with Gasteiger partial charge in [0, 0.05) is 0 Å². The van der Waals surface area contributed by atoms with Crippen LogP contribution in [0.25, 0.3) is 0 Å². The highest BCUT2D eigenvalue weighted by atomic mass is 16.3. The normalized spacial score (nSPS) is 12.4. The monoisotopic (exact) mass is 214 g/mol. The zero-order valence-electron chi connectivity index (χ0n) is 9.90. The summed E-state index contributed by atoms with van der Waals surface area (Å²) in [6.45, 7) is 3.95. The number of hydrogen-bond acceptors (Lipinski definition) is 1. The van der Waals surface area contributed by atoms with Crippen LogP contribution in [0.4, 0.5) is 0 Å². The van der Waals surface area contributed by atoms with Crippen molar-refractivity contribution >= 4 is 0 Å². The molecule has 1 atom stereocenters. The number of hydrogen-bond donors (Lipinski definition) is 1. The lowest BCUT2D eigenvalue weighted by Crippen LogP contribution is -1.99. The summed E-state index contributed by atoms with van der Waals surface area (Å²) in [5.41, 5.74) is 0. The molecule has 16 heavy (non-hydrogen) atoms. The predicted molar refractivity (Wildman–Crippen MR) is 69.6 cm³/mol. The van der Waals surface area contributed by atoms with Gasteiger partial charge in [-0.25, -0.2) is 0 Å². The Morgan fingerprint density at radius 2 is 1.81 bits per heavy atom. The summed E-state index contributed by atoms with van der Waals surface area (Å²) < 4.78 is 0. The van der Waals surface area contributed by atoms with Crippen LogP contribution in [0, 0.1) is 23.7 Å². The van der Waals surface area contributed by atoms with E-state index in [0.29, 0.717) is 0 Å². The largest absolute Gasteiger partial charge is 0.389 e. The molecule has 0 aliphatic carbocycles. The second-order valence-corrected chi connectivity index (χ2v) is 3.14. The quantitative estimate of drug-likeness (QED) is 0.563. The molecular weight excluding hydrogens is 196 g/mol. The molecule has 0 bridgehead atoms. The van der Waals surface area contributed by atoms with Crippen LogP contribution < -0.4 is 0 Å². The Morgan fingerprint density at radius 1 is 1.12 bits per heavy atom. The Kier molecular flexibility index (Phi) is 10.2. The van der Waals surface area contributed by atoms with Crippen LogP contribution in [0.3, 0.4) is 0 Å². The second-order valence-electron chi connectivity index (χ2n) is 3.14. The summed E-state index contributed by atoms with van der Waals surface area (Å²) in [7, 11) is 0. The van der Waals surface area contributed by atoms with Crippen molar-refractivity contribution in [2.75, 3.05) is 0 Å². The number of allylic oxidation sites excluding steroid dienone is 5. The second kappa shape index (κ2) is 11.4. The highest BCUT2D eigenvalue weighted by Crippen LogP contribution is 1.96. The fourth-order valence-corrected chi connectivity index (χ4v) is 0.927. The van der Waals surface area contributed by atoms with Gasteiger partial charge < -0.3 is 5.11 Å². The third kappa shape index (κ3) is 10.4. The van der Waals surface area contributed by atoms with Crippen LogP contribution in [0.2, 0.25) is 0 Å². The molecule has 0 rings (SSSR count). The van der Waals surface area contributed by atoms with E-state index < -0.39 is 0 Å². The molecule has 0 saturated heterocycles. The summed E-state index contributed by atoms with van der Waals surface area (Å²) in [6, 6.07) is 0. The Bertz CT molecular complexity index is 364. The molecule has 0 aromatic carbocycles. The minimum Gasteiger partial charge on any atom is -0.389 e. The van der Waals surface area contributed by atoms with E-state index in [4.69, 9.17) is 0 Å². The summed E-state index contributed by atoms with van der Waals surface area (Å²) in [5, 5.41) is 9.36. The summed E-state index contributed by atoms with van der Waals surface area (Å²) in [4.78, 5) is 0. The molecule has 0 fully saturated rings. The lowest BCUT2D eigenvalue weighted by Gasteiger charge is -1.99. The van der Waals surface area contributed by atoms with Gasteiger partial charge in [-0.1, -0.05) is 49.5 Å². The van der Waals surface area contributed by atoms with Crippen LogP contribution in [0.5, 0.6) is 0 Å². The molecule has 0 amide bonds. The van der Waals surface area contributed by atoms with Crippen molar-refractivity contribution < 1.29 is 5.11 Å². The average molecular weight is 214 g/mol. The first-order valence-electron chi connectivity index (χ1n) is 5.44. The number of aliphatic hydroxyl groups excluding tert-OH is 1. The molecule has 0 aromatic rings. The molecule has 0 radical (unpaired) electrons. The van der Waals surface area contributed by atoms with Crippen LogP contribution in [0.15, 0.2) is 36.5 Å². The SMILES string of the molecule is C/C=C/C#CC#C/C=C/C=C/[C@H](O)CCC. The number of rotatable bonds is 4. The van der Waals surface area contributed by atoms with Gasteiger partial charge in [0.05, 0.1) is 6.10 Å². The van der Waals surface area contributed by atoms with E-state index in [-0.39, 0.29) is 6.10 Å². The molecule has 0 aliphatic heterocycles. The highest BCUT2D eigenvalue weighted by Gasteiger charge is 1.92. The number of aliphatic hydroxyl groups is 1. The fourth-order valence-electron chi connectivity index (χ4n) is 0.927. The molecule has 1 nitrogen and oxygen atoms in total. The molecule has 0 heterocycles. The minimum absolute atomic E-state index is 0.350. The van der Waals surface area contributed by atoms with Crippen molar-refractivity contribution in [2.24, 2.45) is 0 Å². The molecular formula is C15H18O. The molecule has 0 spiro atoms. The van der Waals surface area contributed by atoms with Gasteiger partial charge in [0.1, 0.15) is 0 Å². The van der Waals surface area contributed by atoms with Crippen LogP contribution in [-0.4, -0.2) is 11.2 Å². The van der Waals surface area contributed by atoms with Gasteiger partial charge in [0.25, 0.3) is 0 Å². The smallest absolute Gasteiger partial charge is 0.0723 e. The fraction of sp³-hybridized carbons (Fsp3) is 0.333. The Balaban J connectivity index is 3.90. The van der Waals surface area contributed by atoms with Gasteiger partial charge in [-0.2, -0.15) is 0 Å². The van der Waals surface area contributed by atoms with Gasteiger partial charge in [-0.05, 0) is 37.3 Å². The van der Waals surface area contributed by atoms with E-state index in [1.54, 1.807) is 30.4 Å². The highest BCUT2D eigenvalue weighted by molar-refractivity contribution is 5.34. The molecule has 0 saturated carbocycles. The molecule has 84 valence electrons. The van der Waals surface area contributed by atoms with Crippen molar-refractivity contribution in [1.82, 2.24) is 0 Å². The van der Waals surface area contributed by atoms with Crippen LogP contribution >= 0.6 is 0 Å². The van der Waals surface area contributed by atoms with E-state index >= 15 is 0 Å². The Hall–Kier alpha value is -1.70. The van der Waals surface area contributed by atoms with Gasteiger partial charge in [-0.3, -0.25) is 0 Å². The van der Waals surface area contributed by atoms with Crippen molar-refractivity contribution in [3.63, 3.8) is 0 Å². The molecule has 0 aromatic heterocycles. The lowest BCUT2D eigenvalue weighted by molar-refractivity contribution is 0.211. The van der Waals surface area contributed by atoms with E-state index in [2.05, 4.69) is 23.7 Å². The maximum Gasteiger partial charge on any atom is 0.0723 e. The zero-order valence-corrected chi connectivity index (χ0v) is 9.90. The van der Waals surface area contributed by atoms with E-state index in [0.717, 1.165) is 12.8 Å². The molecule has 0 unspecified atom stereocenters. The van der Waals surface area contributed by atoms with Crippen molar-refractivity contribution in [1.29, 1.82) is 0 Å². The third-order valence-electron chi connectivity index (χ3n) is 1.67. The van der Waals surface area contributed by atoms with E-state index in [1.165, 1.54) is 0 Å². The molecule has 1 N–H and O–H groups in total. The maximum atomic E-state index is 9.36. The zero-order chi connectivity index (χ0) is 12.1. The first-order chi connectivity index (χ1) is 7.81. The van der Waals surface area contributed by atoms with Crippen molar-refractivity contribution in [2.45, 2.75) is 32.8 Å². The van der Waals surface area contributed by atoms with E-state index in [9.17, 15) is 5.11 Å². The van der Waals surface area contributed by atoms with E-state index in [1.807, 2.05) is 19.9 Å². The van der Waals surface area contributed by atoms with Gasteiger partial charge >= 0.3 is 0 Å². The Morgan fingerprint density at radius 3 is 2.44 bits per heavy atom. The maximum absolute atomic E-state index is 9.36. The lowest BCUT2D eigenvalue weighted by atomic mass is 10.2. The summed E-state index contributed by atoms with van der Waals surface area (Å²) in [5.74, 6) is 10.9. The third-order valence-corrected chi connectivity index (χ3v) is 1.67. The predicted octanol–water partition coefficient (Wildman–Crippen LogP) is 2.84. The van der Waals surface area contributed by atoms with Gasteiger partial charge in [0.15, 0.2) is 0 Å². The van der Waals surface area contributed by atoms with Crippen molar-refractivity contribution in [3.8, 4) is 23.7 Å². The topological polar surface area (TPSA) is 20.2 Å². The minimum atomic E-state index is -0.350. The van der Waals surface area contributed by atoms with Gasteiger partial charge in [0.2, 0.25) is 0 Å². The van der Waals surface area contributed by atoms with Gasteiger partial charge in [-0.15, -0.1) is 0 Å². The standard InChI is InChI=1S/C15H18O/c1-3-5-6-7-8-9-10-11-12-14-15(16)13-4-2/h3,5,10-12,14-16H,4,13H2,1-2H3/b5-3+,11-10+,14-12+/t15-/m1/s1. The molecule has 1 heteroatoms. The Labute approximate surface area is 98.6 Å². The van der Waals surface area contributed by atoms with Crippen molar-refractivity contribution in [3.05, 3.63) is 36.5 Å². The van der Waals surface area contributed by atoms with Crippen LogP contribution in [0.1, 0.15) is 26.7 Å².